The summed E-state index contributed by atoms with van der Waals surface area (Å²) in [7, 11) is 1.94. The highest BCUT2D eigenvalue weighted by molar-refractivity contribution is 5.77. The Morgan fingerprint density at radius 2 is 2.31 bits per heavy atom. The molecule has 0 bridgehead atoms. The van der Waals surface area contributed by atoms with Gasteiger partial charge in [-0.1, -0.05) is 13.3 Å². The van der Waals surface area contributed by atoms with Crippen molar-refractivity contribution in [3.05, 3.63) is 0 Å². The number of nitrogens with zero attached hydrogens (tertiary/aromatic N) is 2. The lowest BCUT2D eigenvalue weighted by atomic mass is 10.0. The normalized spacial score (nSPS) is 24.4. The van der Waals surface area contributed by atoms with Crippen LogP contribution in [0.2, 0.25) is 0 Å². The standard InChI is InChI=1S/C12H21N3O/c1-3-7-14-12(16)9-15(2)11-6-4-5-10(11)8-13/h10-11H,3-7,9H2,1-2H3,(H,14,16). The minimum absolute atomic E-state index is 0.0629. The molecule has 1 saturated carbocycles. The van der Waals surface area contributed by atoms with Gasteiger partial charge in [0.1, 0.15) is 0 Å². The molecule has 16 heavy (non-hydrogen) atoms. The van der Waals surface area contributed by atoms with Crippen LogP contribution >= 0.6 is 0 Å². The average Bonchev–Trinajstić information content (AvgIpc) is 2.74. The summed E-state index contributed by atoms with van der Waals surface area (Å²) >= 11 is 0. The molecule has 0 radical (unpaired) electrons. The number of carbonyl (C=O) groups is 1. The summed E-state index contributed by atoms with van der Waals surface area (Å²) in [5.41, 5.74) is 0. The molecular formula is C12H21N3O. The molecule has 1 fully saturated rings. The molecule has 0 saturated heterocycles. The number of hydrogen-bond donors (Lipinski definition) is 1. The van der Waals surface area contributed by atoms with Gasteiger partial charge < -0.3 is 5.32 Å². The van der Waals surface area contributed by atoms with Crippen molar-refractivity contribution in [1.82, 2.24) is 10.2 Å². The van der Waals surface area contributed by atoms with E-state index in [2.05, 4.69) is 11.4 Å². The van der Waals surface area contributed by atoms with Gasteiger partial charge in [-0.05, 0) is 26.3 Å². The lowest BCUT2D eigenvalue weighted by molar-refractivity contribution is -0.122. The summed E-state index contributed by atoms with van der Waals surface area (Å²) in [5, 5.41) is 11.8. The van der Waals surface area contributed by atoms with E-state index < -0.39 is 0 Å². The summed E-state index contributed by atoms with van der Waals surface area (Å²) < 4.78 is 0. The Hall–Kier alpha value is -1.08. The van der Waals surface area contributed by atoms with Crippen molar-refractivity contribution in [2.24, 2.45) is 5.92 Å². The van der Waals surface area contributed by atoms with E-state index >= 15 is 0 Å². The number of hydrogen-bond acceptors (Lipinski definition) is 3. The fourth-order valence-electron chi connectivity index (χ4n) is 2.28. The summed E-state index contributed by atoms with van der Waals surface area (Å²) in [6, 6.07) is 2.60. The molecule has 90 valence electrons. The van der Waals surface area contributed by atoms with Crippen LogP contribution in [0.4, 0.5) is 0 Å². The summed E-state index contributed by atoms with van der Waals surface area (Å²) in [4.78, 5) is 13.5. The van der Waals surface area contributed by atoms with Crippen molar-refractivity contribution in [2.45, 2.75) is 38.6 Å². The molecule has 1 amide bonds. The SMILES string of the molecule is CCCNC(=O)CN(C)C1CCCC1C#N. The summed E-state index contributed by atoms with van der Waals surface area (Å²) in [6.45, 7) is 3.18. The van der Waals surface area contributed by atoms with E-state index in [-0.39, 0.29) is 17.9 Å². The lowest BCUT2D eigenvalue weighted by Crippen LogP contribution is -2.42. The second kappa shape index (κ2) is 6.49. The number of rotatable bonds is 5. The first-order valence-electron chi connectivity index (χ1n) is 6.05. The van der Waals surface area contributed by atoms with Crippen LogP contribution in [0, 0.1) is 17.2 Å². The number of nitriles is 1. The van der Waals surface area contributed by atoms with Crippen LogP contribution in [0.1, 0.15) is 32.6 Å². The Bertz CT molecular complexity index is 272. The highest BCUT2D eigenvalue weighted by atomic mass is 16.2. The number of carbonyl (C=O) groups excluding carboxylic acids is 1. The van der Waals surface area contributed by atoms with Crippen LogP contribution in [0.25, 0.3) is 0 Å². The van der Waals surface area contributed by atoms with Crippen LogP contribution in [-0.2, 0) is 4.79 Å². The molecule has 0 heterocycles. The monoisotopic (exact) mass is 223 g/mol. The van der Waals surface area contributed by atoms with Gasteiger partial charge in [-0.25, -0.2) is 0 Å². The average molecular weight is 223 g/mol. The first-order chi connectivity index (χ1) is 7.69. The third-order valence-corrected chi connectivity index (χ3v) is 3.18. The maximum atomic E-state index is 11.5. The lowest BCUT2D eigenvalue weighted by Gasteiger charge is -2.25. The zero-order valence-electron chi connectivity index (χ0n) is 10.2. The van der Waals surface area contributed by atoms with Crippen molar-refractivity contribution in [3.63, 3.8) is 0 Å². The van der Waals surface area contributed by atoms with Gasteiger partial charge in [-0.15, -0.1) is 0 Å². The largest absolute Gasteiger partial charge is 0.355 e. The summed E-state index contributed by atoms with van der Waals surface area (Å²) in [5.74, 6) is 0.164. The van der Waals surface area contributed by atoms with Crippen LogP contribution in [0.3, 0.4) is 0 Å². The van der Waals surface area contributed by atoms with Gasteiger partial charge in [0.15, 0.2) is 0 Å². The fraction of sp³-hybridized carbons (Fsp3) is 0.833. The van der Waals surface area contributed by atoms with Crippen LogP contribution in [-0.4, -0.2) is 37.0 Å². The van der Waals surface area contributed by atoms with E-state index in [4.69, 9.17) is 5.26 Å². The van der Waals surface area contributed by atoms with Gasteiger partial charge in [0.2, 0.25) is 5.91 Å². The Labute approximate surface area is 97.6 Å². The van der Waals surface area contributed by atoms with E-state index in [9.17, 15) is 4.79 Å². The van der Waals surface area contributed by atoms with Gasteiger partial charge >= 0.3 is 0 Å². The zero-order chi connectivity index (χ0) is 12.0. The van der Waals surface area contributed by atoms with E-state index in [0.717, 1.165) is 32.2 Å². The van der Waals surface area contributed by atoms with E-state index in [1.807, 2.05) is 18.9 Å². The third kappa shape index (κ3) is 3.49. The molecule has 1 aliphatic rings. The quantitative estimate of drug-likeness (QED) is 0.760. The minimum atomic E-state index is 0.0629. The molecule has 0 spiro atoms. The Morgan fingerprint density at radius 1 is 1.56 bits per heavy atom. The van der Waals surface area contributed by atoms with Gasteiger partial charge in [0.05, 0.1) is 18.5 Å². The number of amides is 1. The van der Waals surface area contributed by atoms with E-state index in [1.54, 1.807) is 0 Å². The topological polar surface area (TPSA) is 56.1 Å². The Morgan fingerprint density at radius 3 is 2.94 bits per heavy atom. The molecular weight excluding hydrogens is 202 g/mol. The molecule has 4 nitrogen and oxygen atoms in total. The predicted octanol–water partition coefficient (Wildman–Crippen LogP) is 1.14. The molecule has 0 aromatic rings. The van der Waals surface area contributed by atoms with Crippen LogP contribution in [0.5, 0.6) is 0 Å². The maximum Gasteiger partial charge on any atom is 0.234 e. The Balaban J connectivity index is 2.37. The van der Waals surface area contributed by atoms with E-state index in [1.165, 1.54) is 0 Å². The molecule has 2 unspecified atom stereocenters. The second-order valence-electron chi connectivity index (χ2n) is 4.50. The maximum absolute atomic E-state index is 11.5. The Kier molecular flexibility index (Phi) is 5.27. The van der Waals surface area contributed by atoms with Gasteiger partial charge in [0.25, 0.3) is 0 Å². The van der Waals surface area contributed by atoms with Gasteiger partial charge in [-0.3, -0.25) is 9.69 Å². The smallest absolute Gasteiger partial charge is 0.234 e. The first kappa shape index (κ1) is 13.0. The van der Waals surface area contributed by atoms with Crippen LogP contribution in [0.15, 0.2) is 0 Å². The highest BCUT2D eigenvalue weighted by Gasteiger charge is 2.30. The van der Waals surface area contributed by atoms with Crippen LogP contribution < -0.4 is 5.32 Å². The minimum Gasteiger partial charge on any atom is -0.355 e. The van der Waals surface area contributed by atoms with Crippen molar-refractivity contribution in [1.29, 1.82) is 5.26 Å². The van der Waals surface area contributed by atoms with Crippen molar-refractivity contribution < 1.29 is 4.79 Å². The molecule has 1 rings (SSSR count). The van der Waals surface area contributed by atoms with Crippen molar-refractivity contribution >= 4 is 5.91 Å². The van der Waals surface area contributed by atoms with Crippen molar-refractivity contribution in [3.8, 4) is 6.07 Å². The predicted molar refractivity (Wildman–Crippen MR) is 62.7 cm³/mol. The van der Waals surface area contributed by atoms with E-state index in [0.29, 0.717) is 6.54 Å². The first-order valence-corrected chi connectivity index (χ1v) is 6.05. The van der Waals surface area contributed by atoms with Crippen molar-refractivity contribution in [2.75, 3.05) is 20.1 Å². The molecule has 1 N–H and O–H groups in total. The molecule has 0 aliphatic heterocycles. The molecule has 4 heteroatoms. The molecule has 2 atom stereocenters. The number of nitrogens with one attached hydrogen (secondary N) is 1. The van der Waals surface area contributed by atoms with Gasteiger partial charge in [0, 0.05) is 12.6 Å². The fourth-order valence-corrected chi connectivity index (χ4v) is 2.28. The molecule has 0 aromatic heterocycles. The summed E-state index contributed by atoms with van der Waals surface area (Å²) in [6.07, 6.45) is 4.07. The molecule has 0 aromatic carbocycles. The third-order valence-electron chi connectivity index (χ3n) is 3.18. The number of likely N-dealkylation sites (N-methyl/N-ethyl adjacent to an activating group) is 1. The zero-order valence-corrected chi connectivity index (χ0v) is 10.2. The second-order valence-corrected chi connectivity index (χ2v) is 4.50. The highest BCUT2D eigenvalue weighted by Crippen LogP contribution is 2.28. The molecule has 1 aliphatic carbocycles. The van der Waals surface area contributed by atoms with Gasteiger partial charge in [-0.2, -0.15) is 5.26 Å².